The molecule has 1 aliphatic carbocycles. The third-order valence-corrected chi connectivity index (χ3v) is 3.35. The van der Waals surface area contributed by atoms with Crippen molar-refractivity contribution >= 4 is 11.8 Å². The Labute approximate surface area is 106 Å². The molecule has 0 saturated heterocycles. The maximum atomic E-state index is 11.3. The number of benzene rings is 1. The Bertz CT molecular complexity index is 490. The van der Waals surface area contributed by atoms with Crippen molar-refractivity contribution in [1.82, 2.24) is 0 Å². The molecular formula is C14H16O4. The standard InChI is InChI=1S/C14H16O4/c1-9(15)10-4-3-5-12(8-10)18-14(2,13(16)17)11-6-7-11/h3-5,8,11H,6-7H2,1-2H3,(H,16,17). The highest BCUT2D eigenvalue weighted by molar-refractivity contribution is 5.94. The Morgan fingerprint density at radius 3 is 2.56 bits per heavy atom. The molecule has 0 spiro atoms. The molecule has 1 atom stereocenters. The second-order valence-corrected chi connectivity index (χ2v) is 4.87. The maximum absolute atomic E-state index is 11.3. The zero-order chi connectivity index (χ0) is 13.3. The molecule has 1 aliphatic rings. The van der Waals surface area contributed by atoms with Crippen LogP contribution in [0.3, 0.4) is 0 Å². The number of rotatable bonds is 5. The van der Waals surface area contributed by atoms with Gasteiger partial charge in [0, 0.05) is 11.5 Å². The molecule has 18 heavy (non-hydrogen) atoms. The van der Waals surface area contributed by atoms with Crippen molar-refractivity contribution in [3.8, 4) is 5.75 Å². The maximum Gasteiger partial charge on any atom is 0.348 e. The number of ketones is 1. The van der Waals surface area contributed by atoms with Crippen molar-refractivity contribution in [3.05, 3.63) is 29.8 Å². The van der Waals surface area contributed by atoms with Crippen LogP contribution in [0.15, 0.2) is 24.3 Å². The van der Waals surface area contributed by atoms with Gasteiger partial charge in [0.15, 0.2) is 5.78 Å². The topological polar surface area (TPSA) is 63.6 Å². The number of ether oxygens (including phenoxy) is 1. The van der Waals surface area contributed by atoms with E-state index in [-0.39, 0.29) is 11.7 Å². The first kappa shape index (κ1) is 12.6. The second kappa shape index (κ2) is 4.44. The predicted molar refractivity (Wildman–Crippen MR) is 65.8 cm³/mol. The summed E-state index contributed by atoms with van der Waals surface area (Å²) in [6.07, 6.45) is 1.74. The molecule has 0 aliphatic heterocycles. The Balaban J connectivity index is 2.24. The molecule has 0 bridgehead atoms. The van der Waals surface area contributed by atoms with Gasteiger partial charge in [-0.15, -0.1) is 0 Å². The van der Waals surface area contributed by atoms with Crippen LogP contribution in [0.1, 0.15) is 37.0 Å². The SMILES string of the molecule is CC(=O)c1cccc(OC(C)(C(=O)O)C2CC2)c1. The van der Waals surface area contributed by atoms with Crippen LogP contribution in [-0.4, -0.2) is 22.5 Å². The fourth-order valence-corrected chi connectivity index (χ4v) is 1.96. The molecule has 1 unspecified atom stereocenters. The second-order valence-electron chi connectivity index (χ2n) is 4.87. The molecule has 1 saturated carbocycles. The summed E-state index contributed by atoms with van der Waals surface area (Å²) in [5, 5.41) is 9.29. The van der Waals surface area contributed by atoms with Gasteiger partial charge in [-0.2, -0.15) is 0 Å². The zero-order valence-electron chi connectivity index (χ0n) is 10.5. The van der Waals surface area contributed by atoms with Gasteiger partial charge < -0.3 is 9.84 Å². The summed E-state index contributed by atoms with van der Waals surface area (Å²) in [6.45, 7) is 3.06. The van der Waals surface area contributed by atoms with Crippen molar-refractivity contribution in [2.24, 2.45) is 5.92 Å². The number of Topliss-reactive ketones (excluding diaryl/α,β-unsaturated/α-hetero) is 1. The number of carbonyl (C=O) groups is 2. The van der Waals surface area contributed by atoms with E-state index in [2.05, 4.69) is 0 Å². The monoisotopic (exact) mass is 248 g/mol. The van der Waals surface area contributed by atoms with Crippen molar-refractivity contribution in [2.45, 2.75) is 32.3 Å². The molecule has 4 nitrogen and oxygen atoms in total. The zero-order valence-corrected chi connectivity index (χ0v) is 10.5. The van der Waals surface area contributed by atoms with Gasteiger partial charge in [0.25, 0.3) is 0 Å². The molecule has 1 aromatic carbocycles. The summed E-state index contributed by atoms with van der Waals surface area (Å²) in [4.78, 5) is 22.6. The average Bonchev–Trinajstić information content (AvgIpc) is 3.13. The van der Waals surface area contributed by atoms with E-state index in [9.17, 15) is 14.7 Å². The number of aliphatic carboxylic acids is 1. The van der Waals surface area contributed by atoms with Crippen molar-refractivity contribution < 1.29 is 19.4 Å². The predicted octanol–water partition coefficient (Wildman–Crippen LogP) is 2.52. The van der Waals surface area contributed by atoms with Gasteiger partial charge >= 0.3 is 5.97 Å². The van der Waals surface area contributed by atoms with Crippen LogP contribution in [0.25, 0.3) is 0 Å². The van der Waals surface area contributed by atoms with Crippen LogP contribution in [0.2, 0.25) is 0 Å². The van der Waals surface area contributed by atoms with E-state index < -0.39 is 11.6 Å². The van der Waals surface area contributed by atoms with Crippen LogP contribution >= 0.6 is 0 Å². The van der Waals surface area contributed by atoms with E-state index in [0.717, 1.165) is 12.8 Å². The lowest BCUT2D eigenvalue weighted by atomic mass is 10.0. The summed E-state index contributed by atoms with van der Waals surface area (Å²) in [5.41, 5.74) is -0.675. The van der Waals surface area contributed by atoms with Crippen molar-refractivity contribution in [1.29, 1.82) is 0 Å². The van der Waals surface area contributed by atoms with E-state index in [1.54, 1.807) is 31.2 Å². The van der Waals surface area contributed by atoms with E-state index in [4.69, 9.17) is 4.74 Å². The summed E-state index contributed by atoms with van der Waals surface area (Å²) in [7, 11) is 0. The average molecular weight is 248 g/mol. The van der Waals surface area contributed by atoms with Gasteiger partial charge in [0.1, 0.15) is 5.75 Å². The number of carboxylic acid groups (broad SMARTS) is 1. The fraction of sp³-hybridized carbons (Fsp3) is 0.429. The largest absolute Gasteiger partial charge is 0.478 e. The third-order valence-electron chi connectivity index (χ3n) is 3.35. The lowest BCUT2D eigenvalue weighted by Crippen LogP contribution is -2.43. The summed E-state index contributed by atoms with van der Waals surface area (Å²) < 4.78 is 5.63. The van der Waals surface area contributed by atoms with Crippen LogP contribution in [0.4, 0.5) is 0 Å². The van der Waals surface area contributed by atoms with E-state index in [1.807, 2.05) is 0 Å². The van der Waals surface area contributed by atoms with Crippen molar-refractivity contribution in [3.63, 3.8) is 0 Å². The fourth-order valence-electron chi connectivity index (χ4n) is 1.96. The lowest BCUT2D eigenvalue weighted by Gasteiger charge is -2.26. The molecule has 0 heterocycles. The number of hydrogen-bond acceptors (Lipinski definition) is 3. The first-order valence-corrected chi connectivity index (χ1v) is 5.97. The van der Waals surface area contributed by atoms with Gasteiger partial charge in [-0.3, -0.25) is 4.79 Å². The molecule has 1 N–H and O–H groups in total. The molecule has 0 radical (unpaired) electrons. The molecule has 4 heteroatoms. The Hall–Kier alpha value is -1.84. The molecule has 1 fully saturated rings. The minimum atomic E-state index is -1.20. The molecule has 0 amide bonds. The molecule has 1 aromatic rings. The first-order chi connectivity index (χ1) is 8.43. The van der Waals surface area contributed by atoms with Gasteiger partial charge in [-0.05, 0) is 38.8 Å². The summed E-state index contributed by atoms with van der Waals surface area (Å²) in [6, 6.07) is 6.65. The smallest absolute Gasteiger partial charge is 0.348 e. The molecular weight excluding hydrogens is 232 g/mol. The minimum Gasteiger partial charge on any atom is -0.478 e. The lowest BCUT2D eigenvalue weighted by molar-refractivity contribution is -0.155. The number of carboxylic acids is 1. The summed E-state index contributed by atoms with van der Waals surface area (Å²) >= 11 is 0. The van der Waals surface area contributed by atoms with E-state index in [0.29, 0.717) is 11.3 Å². The normalized spacial score (nSPS) is 17.9. The quantitative estimate of drug-likeness (QED) is 0.813. The highest BCUT2D eigenvalue weighted by Gasteiger charge is 2.50. The minimum absolute atomic E-state index is 0.0518. The van der Waals surface area contributed by atoms with Gasteiger partial charge in [-0.25, -0.2) is 4.79 Å². The van der Waals surface area contributed by atoms with Crippen molar-refractivity contribution in [2.75, 3.05) is 0 Å². The highest BCUT2D eigenvalue weighted by Crippen LogP contribution is 2.42. The number of carbonyl (C=O) groups excluding carboxylic acids is 1. The van der Waals surface area contributed by atoms with Gasteiger partial charge in [0.05, 0.1) is 0 Å². The Morgan fingerprint density at radius 1 is 1.39 bits per heavy atom. The molecule has 2 rings (SSSR count). The summed E-state index contributed by atoms with van der Waals surface area (Å²) in [5.74, 6) is -0.544. The molecule has 0 aromatic heterocycles. The van der Waals surface area contributed by atoms with Crippen LogP contribution in [0.5, 0.6) is 5.75 Å². The molecule has 96 valence electrons. The third kappa shape index (κ3) is 2.37. The van der Waals surface area contributed by atoms with E-state index >= 15 is 0 Å². The Kier molecular flexibility index (Phi) is 3.11. The number of hydrogen-bond donors (Lipinski definition) is 1. The van der Waals surface area contributed by atoms with Gasteiger partial charge in [-0.1, -0.05) is 12.1 Å². The first-order valence-electron chi connectivity index (χ1n) is 5.97. The van der Waals surface area contributed by atoms with Gasteiger partial charge in [0.2, 0.25) is 5.60 Å². The van der Waals surface area contributed by atoms with Crippen LogP contribution < -0.4 is 4.74 Å². The van der Waals surface area contributed by atoms with E-state index in [1.165, 1.54) is 6.92 Å². The van der Waals surface area contributed by atoms with Crippen LogP contribution in [-0.2, 0) is 4.79 Å². The highest BCUT2D eigenvalue weighted by atomic mass is 16.5. The Morgan fingerprint density at radius 2 is 2.06 bits per heavy atom. The van der Waals surface area contributed by atoms with Crippen LogP contribution in [0, 0.1) is 5.92 Å².